The normalized spacial score (nSPS) is 10.5. The molecule has 62 valence electrons. The maximum absolute atomic E-state index is 5.84. The SMILES string of the molecule is CCCCc1[nH]c(C)nc1Cl. The molecule has 0 spiro atoms. The van der Waals surface area contributed by atoms with Gasteiger partial charge in [0.05, 0.1) is 5.69 Å². The summed E-state index contributed by atoms with van der Waals surface area (Å²) in [7, 11) is 0. The molecule has 1 aromatic heterocycles. The van der Waals surface area contributed by atoms with Crippen LogP contribution in [0.1, 0.15) is 31.3 Å². The van der Waals surface area contributed by atoms with E-state index in [1.165, 1.54) is 12.8 Å². The van der Waals surface area contributed by atoms with Crippen molar-refractivity contribution in [3.05, 3.63) is 16.7 Å². The van der Waals surface area contributed by atoms with Crippen molar-refractivity contribution < 1.29 is 0 Å². The van der Waals surface area contributed by atoms with Crippen LogP contribution in [0.3, 0.4) is 0 Å². The first-order valence-corrected chi connectivity index (χ1v) is 4.32. The first kappa shape index (κ1) is 8.60. The standard InChI is InChI=1S/C8H13ClN2/c1-3-4-5-7-8(9)11-6(2)10-7/h3-5H2,1-2H3,(H,10,11). The number of nitrogens with zero attached hydrogens (tertiary/aromatic N) is 1. The molecule has 0 atom stereocenters. The fourth-order valence-electron chi connectivity index (χ4n) is 1.03. The minimum atomic E-state index is 0.635. The lowest BCUT2D eigenvalue weighted by Crippen LogP contribution is -1.85. The zero-order valence-corrected chi connectivity index (χ0v) is 7.70. The van der Waals surface area contributed by atoms with Crippen molar-refractivity contribution in [2.75, 3.05) is 0 Å². The largest absolute Gasteiger partial charge is 0.345 e. The highest BCUT2D eigenvalue weighted by Gasteiger charge is 2.03. The summed E-state index contributed by atoms with van der Waals surface area (Å²) in [5.74, 6) is 0.904. The molecule has 0 fully saturated rings. The summed E-state index contributed by atoms with van der Waals surface area (Å²) >= 11 is 5.84. The van der Waals surface area contributed by atoms with E-state index in [1.54, 1.807) is 0 Å². The molecular weight excluding hydrogens is 160 g/mol. The van der Waals surface area contributed by atoms with Gasteiger partial charge in [0.25, 0.3) is 0 Å². The van der Waals surface area contributed by atoms with Gasteiger partial charge in [0.2, 0.25) is 0 Å². The van der Waals surface area contributed by atoms with Crippen LogP contribution >= 0.6 is 11.6 Å². The molecule has 0 radical (unpaired) electrons. The van der Waals surface area contributed by atoms with Crippen molar-refractivity contribution in [2.45, 2.75) is 33.1 Å². The van der Waals surface area contributed by atoms with Crippen molar-refractivity contribution in [2.24, 2.45) is 0 Å². The van der Waals surface area contributed by atoms with E-state index in [1.807, 2.05) is 6.92 Å². The van der Waals surface area contributed by atoms with Crippen LogP contribution in [-0.2, 0) is 6.42 Å². The smallest absolute Gasteiger partial charge is 0.150 e. The average Bonchev–Trinajstić information content (AvgIpc) is 2.26. The molecule has 0 aromatic carbocycles. The topological polar surface area (TPSA) is 28.7 Å². The Hall–Kier alpha value is -0.500. The summed E-state index contributed by atoms with van der Waals surface area (Å²) in [6, 6.07) is 0. The third-order valence-corrected chi connectivity index (χ3v) is 1.94. The number of imidazole rings is 1. The molecule has 0 aliphatic rings. The van der Waals surface area contributed by atoms with E-state index in [2.05, 4.69) is 16.9 Å². The molecule has 1 N–H and O–H groups in total. The predicted octanol–water partition coefficient (Wildman–Crippen LogP) is 2.71. The molecule has 0 bridgehead atoms. The molecule has 11 heavy (non-hydrogen) atoms. The molecule has 2 nitrogen and oxygen atoms in total. The van der Waals surface area contributed by atoms with Crippen molar-refractivity contribution in [3.63, 3.8) is 0 Å². The number of hydrogen-bond donors (Lipinski definition) is 1. The minimum Gasteiger partial charge on any atom is -0.345 e. The number of aromatic amines is 1. The number of unbranched alkanes of at least 4 members (excludes halogenated alkanes) is 1. The molecule has 0 saturated heterocycles. The first-order chi connectivity index (χ1) is 5.24. The summed E-state index contributed by atoms with van der Waals surface area (Å²) in [6.45, 7) is 4.08. The first-order valence-electron chi connectivity index (χ1n) is 3.95. The van der Waals surface area contributed by atoms with E-state index in [9.17, 15) is 0 Å². The zero-order chi connectivity index (χ0) is 8.27. The van der Waals surface area contributed by atoms with Crippen LogP contribution < -0.4 is 0 Å². The molecule has 3 heteroatoms. The highest BCUT2D eigenvalue weighted by Crippen LogP contribution is 2.14. The maximum atomic E-state index is 5.84. The highest BCUT2D eigenvalue weighted by molar-refractivity contribution is 6.30. The van der Waals surface area contributed by atoms with Crippen LogP contribution in [0.5, 0.6) is 0 Å². The number of aryl methyl sites for hydroxylation is 2. The van der Waals surface area contributed by atoms with Gasteiger partial charge in [-0.3, -0.25) is 0 Å². The summed E-state index contributed by atoms with van der Waals surface area (Å²) in [5.41, 5.74) is 1.08. The fraction of sp³-hybridized carbons (Fsp3) is 0.625. The summed E-state index contributed by atoms with van der Waals surface area (Å²) in [5, 5.41) is 0.635. The molecule has 1 heterocycles. The average molecular weight is 173 g/mol. The van der Waals surface area contributed by atoms with E-state index in [4.69, 9.17) is 11.6 Å². The number of rotatable bonds is 3. The van der Waals surface area contributed by atoms with Gasteiger partial charge in [-0.05, 0) is 19.8 Å². The van der Waals surface area contributed by atoms with Gasteiger partial charge >= 0.3 is 0 Å². The Morgan fingerprint density at radius 3 is 2.73 bits per heavy atom. The van der Waals surface area contributed by atoms with Crippen LogP contribution in [0, 0.1) is 6.92 Å². The fourth-order valence-corrected chi connectivity index (χ4v) is 1.30. The van der Waals surface area contributed by atoms with Crippen LogP contribution in [0.4, 0.5) is 0 Å². The van der Waals surface area contributed by atoms with Crippen LogP contribution in [0.15, 0.2) is 0 Å². The second-order valence-corrected chi connectivity index (χ2v) is 3.05. The van der Waals surface area contributed by atoms with Crippen molar-refractivity contribution >= 4 is 11.6 Å². The molecular formula is C8H13ClN2. The van der Waals surface area contributed by atoms with Crippen LogP contribution in [0.25, 0.3) is 0 Å². The highest BCUT2D eigenvalue weighted by atomic mass is 35.5. The monoisotopic (exact) mass is 172 g/mol. The lowest BCUT2D eigenvalue weighted by molar-refractivity contribution is 0.779. The van der Waals surface area contributed by atoms with Crippen molar-refractivity contribution in [1.29, 1.82) is 0 Å². The second-order valence-electron chi connectivity index (χ2n) is 2.70. The van der Waals surface area contributed by atoms with Gasteiger partial charge in [-0.25, -0.2) is 4.98 Å². The third kappa shape index (κ3) is 2.22. The predicted molar refractivity (Wildman–Crippen MR) is 46.9 cm³/mol. The quantitative estimate of drug-likeness (QED) is 0.746. The number of hydrogen-bond acceptors (Lipinski definition) is 1. The number of nitrogens with one attached hydrogen (secondary N) is 1. The second kappa shape index (κ2) is 3.77. The molecule has 0 unspecified atom stereocenters. The van der Waals surface area contributed by atoms with Gasteiger partial charge in [-0.1, -0.05) is 24.9 Å². The summed E-state index contributed by atoms with van der Waals surface area (Å²) < 4.78 is 0. The molecule has 0 aliphatic carbocycles. The third-order valence-electron chi connectivity index (χ3n) is 1.63. The van der Waals surface area contributed by atoms with Gasteiger partial charge < -0.3 is 4.98 Å². The van der Waals surface area contributed by atoms with Gasteiger partial charge in [0.1, 0.15) is 11.0 Å². The maximum Gasteiger partial charge on any atom is 0.150 e. The number of H-pyrrole nitrogens is 1. The molecule has 1 aromatic rings. The van der Waals surface area contributed by atoms with E-state index in [0.29, 0.717) is 5.15 Å². The summed E-state index contributed by atoms with van der Waals surface area (Å²) in [4.78, 5) is 7.21. The zero-order valence-electron chi connectivity index (χ0n) is 6.95. The number of aromatic nitrogens is 2. The Labute approximate surface area is 72.0 Å². The van der Waals surface area contributed by atoms with Gasteiger partial charge in [-0.2, -0.15) is 0 Å². The van der Waals surface area contributed by atoms with E-state index < -0.39 is 0 Å². The molecule has 1 rings (SSSR count). The Bertz CT molecular complexity index is 230. The minimum absolute atomic E-state index is 0.635. The summed E-state index contributed by atoms with van der Waals surface area (Å²) in [6.07, 6.45) is 3.37. The van der Waals surface area contributed by atoms with Crippen molar-refractivity contribution in [3.8, 4) is 0 Å². The van der Waals surface area contributed by atoms with E-state index in [-0.39, 0.29) is 0 Å². The van der Waals surface area contributed by atoms with Crippen LogP contribution in [0.2, 0.25) is 5.15 Å². The van der Waals surface area contributed by atoms with Gasteiger partial charge in [0.15, 0.2) is 0 Å². The Kier molecular flexibility index (Phi) is 2.94. The lowest BCUT2D eigenvalue weighted by atomic mass is 10.2. The van der Waals surface area contributed by atoms with E-state index in [0.717, 1.165) is 17.9 Å². The lowest BCUT2D eigenvalue weighted by Gasteiger charge is -1.93. The Balaban J connectivity index is 2.62. The number of halogens is 1. The molecule has 0 aliphatic heterocycles. The van der Waals surface area contributed by atoms with Gasteiger partial charge in [-0.15, -0.1) is 0 Å². The molecule has 0 amide bonds. The Morgan fingerprint density at radius 1 is 1.55 bits per heavy atom. The van der Waals surface area contributed by atoms with E-state index >= 15 is 0 Å². The van der Waals surface area contributed by atoms with Gasteiger partial charge in [0, 0.05) is 0 Å². The molecule has 0 saturated carbocycles. The van der Waals surface area contributed by atoms with Crippen molar-refractivity contribution in [1.82, 2.24) is 9.97 Å². The Morgan fingerprint density at radius 2 is 2.27 bits per heavy atom. The van der Waals surface area contributed by atoms with Crippen LogP contribution in [-0.4, -0.2) is 9.97 Å².